The van der Waals surface area contributed by atoms with Gasteiger partial charge in [-0.3, -0.25) is 10.2 Å². The summed E-state index contributed by atoms with van der Waals surface area (Å²) in [6, 6.07) is 2.34. The second kappa shape index (κ2) is 5.23. The van der Waals surface area contributed by atoms with Crippen LogP contribution in [-0.2, 0) is 4.74 Å². The van der Waals surface area contributed by atoms with Crippen molar-refractivity contribution in [2.24, 2.45) is 10.9 Å². The third-order valence-corrected chi connectivity index (χ3v) is 5.15. The molecule has 9 nitrogen and oxygen atoms in total. The molecule has 124 valence electrons. The minimum absolute atomic E-state index is 0.152. The van der Waals surface area contributed by atoms with E-state index in [1.54, 1.807) is 17.1 Å². The van der Waals surface area contributed by atoms with E-state index in [4.69, 9.17) is 4.74 Å². The minimum Gasteiger partial charge on any atom is -0.455 e. The van der Waals surface area contributed by atoms with Crippen LogP contribution >= 0.6 is 0 Å². The molecule has 0 radical (unpaired) electrons. The number of ether oxygens (including phenoxy) is 1. The van der Waals surface area contributed by atoms with Crippen LogP contribution in [0.5, 0.6) is 0 Å². The van der Waals surface area contributed by atoms with Crippen molar-refractivity contribution in [2.45, 2.75) is 18.4 Å². The summed E-state index contributed by atoms with van der Waals surface area (Å²) in [4.78, 5) is 19.4. The van der Waals surface area contributed by atoms with Crippen LogP contribution < -0.4 is 5.32 Å². The summed E-state index contributed by atoms with van der Waals surface area (Å²) in [5.41, 5.74) is -0.152. The van der Waals surface area contributed by atoms with E-state index in [2.05, 4.69) is 35.3 Å². The number of rotatable bonds is 2. The Bertz CT molecular complexity index is 768. The van der Waals surface area contributed by atoms with Crippen molar-refractivity contribution in [2.75, 3.05) is 31.5 Å². The molecule has 4 aliphatic rings. The maximum Gasteiger partial charge on any atom is 0.291 e. The highest BCUT2D eigenvalue weighted by Crippen LogP contribution is 2.40. The maximum absolute atomic E-state index is 6.26. The Balaban J connectivity index is 1.32. The number of amidine groups is 1. The number of nitrogens with one attached hydrogen (secondary N) is 1. The fourth-order valence-electron chi connectivity index (χ4n) is 3.92. The summed E-state index contributed by atoms with van der Waals surface area (Å²) in [5.74, 6) is 1.87. The monoisotopic (exact) mass is 326 g/mol. The van der Waals surface area contributed by atoms with Gasteiger partial charge in [-0.25, -0.2) is 24.6 Å². The number of nitrogens with zero attached hydrogens (tertiary/aromatic N) is 7. The van der Waals surface area contributed by atoms with Crippen LogP contribution in [0.25, 0.3) is 5.82 Å². The smallest absolute Gasteiger partial charge is 0.291 e. The number of anilines is 1. The summed E-state index contributed by atoms with van der Waals surface area (Å²) in [5, 5.41) is 7.24. The van der Waals surface area contributed by atoms with Gasteiger partial charge in [-0.05, 0) is 25.9 Å². The molecule has 24 heavy (non-hydrogen) atoms. The highest BCUT2D eigenvalue weighted by molar-refractivity contribution is 5.89. The molecule has 1 atom stereocenters. The summed E-state index contributed by atoms with van der Waals surface area (Å²) >= 11 is 0. The van der Waals surface area contributed by atoms with Crippen molar-refractivity contribution in [1.82, 2.24) is 29.6 Å². The molecule has 9 heteroatoms. The van der Waals surface area contributed by atoms with Crippen LogP contribution in [0, 0.1) is 5.92 Å². The Morgan fingerprint density at radius 1 is 1.21 bits per heavy atom. The van der Waals surface area contributed by atoms with E-state index in [1.807, 2.05) is 0 Å². The molecule has 4 aliphatic heterocycles. The Morgan fingerprint density at radius 3 is 2.88 bits per heavy atom. The molecular formula is C15H18N8O. The van der Waals surface area contributed by atoms with Gasteiger partial charge >= 0.3 is 0 Å². The number of aromatic nitrogens is 5. The van der Waals surface area contributed by atoms with Crippen molar-refractivity contribution in [3.63, 3.8) is 0 Å². The predicted octanol–water partition coefficient (Wildman–Crippen LogP) is 0.320. The number of fused-ring (bicyclic) bond motifs is 2. The molecular weight excluding hydrogens is 308 g/mol. The summed E-state index contributed by atoms with van der Waals surface area (Å²) in [6.07, 6.45) is 6.95. The lowest BCUT2D eigenvalue weighted by atomic mass is 9.75. The summed E-state index contributed by atoms with van der Waals surface area (Å²) in [6.45, 7) is 4.06. The molecule has 3 fully saturated rings. The van der Waals surface area contributed by atoms with Crippen LogP contribution in [0.15, 0.2) is 30.0 Å². The molecule has 1 spiro atoms. The van der Waals surface area contributed by atoms with Gasteiger partial charge in [0, 0.05) is 18.5 Å². The van der Waals surface area contributed by atoms with Crippen molar-refractivity contribution >= 4 is 11.8 Å². The van der Waals surface area contributed by atoms with E-state index in [-0.39, 0.29) is 5.60 Å². The van der Waals surface area contributed by atoms with Crippen molar-refractivity contribution in [1.29, 1.82) is 0 Å². The Labute approximate surface area is 138 Å². The van der Waals surface area contributed by atoms with Gasteiger partial charge in [-0.15, -0.1) is 0 Å². The van der Waals surface area contributed by atoms with Gasteiger partial charge in [-0.2, -0.15) is 5.10 Å². The third kappa shape index (κ3) is 2.23. The average molecular weight is 326 g/mol. The van der Waals surface area contributed by atoms with Crippen LogP contribution in [0.2, 0.25) is 0 Å². The highest BCUT2D eigenvalue weighted by atomic mass is 16.5. The van der Waals surface area contributed by atoms with Crippen LogP contribution in [0.4, 0.5) is 5.82 Å². The van der Waals surface area contributed by atoms with Gasteiger partial charge in [0.1, 0.15) is 30.4 Å². The number of aliphatic imine (C=N–C) groups is 1. The topological polar surface area (TPSA) is 93.3 Å². The van der Waals surface area contributed by atoms with Crippen molar-refractivity contribution in [3.05, 3.63) is 25.0 Å². The highest BCUT2D eigenvalue weighted by Gasteiger charge is 2.51. The second-order valence-electron chi connectivity index (χ2n) is 6.57. The first-order chi connectivity index (χ1) is 11.8. The van der Waals surface area contributed by atoms with E-state index in [1.165, 1.54) is 38.6 Å². The minimum atomic E-state index is -0.152. The van der Waals surface area contributed by atoms with E-state index in [0.717, 1.165) is 13.1 Å². The van der Waals surface area contributed by atoms with Crippen molar-refractivity contribution < 1.29 is 4.74 Å². The van der Waals surface area contributed by atoms with E-state index >= 15 is 0 Å². The zero-order valence-corrected chi connectivity index (χ0v) is 13.2. The van der Waals surface area contributed by atoms with Gasteiger partial charge in [0.2, 0.25) is 0 Å². The van der Waals surface area contributed by atoms with Gasteiger partial charge in [0.25, 0.3) is 6.02 Å². The van der Waals surface area contributed by atoms with Gasteiger partial charge < -0.3 is 4.74 Å². The fourth-order valence-corrected chi connectivity index (χ4v) is 3.92. The number of piperidine rings is 3. The normalized spacial score (nSPS) is 31.1. The second-order valence-corrected chi connectivity index (χ2v) is 6.57. The lowest BCUT2D eigenvalue weighted by Crippen LogP contribution is -2.61. The van der Waals surface area contributed by atoms with E-state index in [0.29, 0.717) is 23.6 Å². The van der Waals surface area contributed by atoms with Gasteiger partial charge in [-0.1, -0.05) is 0 Å². The lowest BCUT2D eigenvalue weighted by molar-refractivity contribution is -0.0829. The number of hydrogen-bond donors (Lipinski definition) is 1. The molecule has 2 bridgehead atoms. The largest absolute Gasteiger partial charge is 0.455 e. The summed E-state index contributed by atoms with van der Waals surface area (Å²) in [7, 11) is 0. The molecule has 3 saturated heterocycles. The molecule has 1 N–H and O–H groups in total. The lowest BCUT2D eigenvalue weighted by Gasteiger charge is -2.50. The standard InChI is InChI=1S/C15H18N8O/c1-3-22-4-2-11(1)15(7-22)6-17-14(24-15)21-12-5-13(19-9-18-12)23-10-16-8-20-23/h5,8-11H,1-4,6-7H2,(H,17,18,19,21)/t15-/m0/s1. The van der Waals surface area contributed by atoms with Crippen LogP contribution in [0.1, 0.15) is 12.8 Å². The van der Waals surface area contributed by atoms with E-state index < -0.39 is 0 Å². The van der Waals surface area contributed by atoms with Crippen LogP contribution in [0.3, 0.4) is 0 Å². The zero-order chi connectivity index (χ0) is 16.0. The molecule has 0 saturated carbocycles. The van der Waals surface area contributed by atoms with Gasteiger partial charge in [0.15, 0.2) is 5.82 Å². The first kappa shape index (κ1) is 13.8. The van der Waals surface area contributed by atoms with E-state index in [9.17, 15) is 0 Å². The number of hydrogen-bond acceptors (Lipinski definition) is 8. The quantitative estimate of drug-likeness (QED) is 0.849. The molecule has 0 amide bonds. The van der Waals surface area contributed by atoms with Gasteiger partial charge in [0.05, 0.1) is 6.54 Å². The van der Waals surface area contributed by atoms with Crippen LogP contribution in [-0.4, -0.2) is 67.4 Å². The Hall–Kier alpha value is -2.55. The van der Waals surface area contributed by atoms with Crippen molar-refractivity contribution in [3.8, 4) is 5.82 Å². The zero-order valence-electron chi connectivity index (χ0n) is 13.2. The first-order valence-electron chi connectivity index (χ1n) is 8.21. The third-order valence-electron chi connectivity index (χ3n) is 5.15. The molecule has 2 aromatic rings. The molecule has 0 aliphatic carbocycles. The maximum atomic E-state index is 6.26. The predicted molar refractivity (Wildman–Crippen MR) is 85.9 cm³/mol. The molecule has 6 heterocycles. The SMILES string of the molecule is c1nc(NC2=NC[C@@]3(CN4CCC3CC4)O2)cc(-n2cncn2)n1. The Kier molecular flexibility index (Phi) is 3.02. The summed E-state index contributed by atoms with van der Waals surface area (Å²) < 4.78 is 7.84. The average Bonchev–Trinajstić information content (AvgIpc) is 3.27. The Morgan fingerprint density at radius 2 is 2.12 bits per heavy atom. The molecule has 0 aromatic carbocycles. The first-order valence-corrected chi connectivity index (χ1v) is 8.21. The molecule has 2 aromatic heterocycles. The molecule has 6 rings (SSSR count). The molecule has 0 unspecified atom stereocenters. The fraction of sp³-hybridized carbons (Fsp3) is 0.533.